The van der Waals surface area contributed by atoms with Crippen LogP contribution in [0.15, 0.2) is 54.6 Å². The molecule has 2 aromatic carbocycles. The van der Waals surface area contributed by atoms with E-state index >= 15 is 0 Å². The summed E-state index contributed by atoms with van der Waals surface area (Å²) < 4.78 is 0. The summed E-state index contributed by atoms with van der Waals surface area (Å²) in [5.41, 5.74) is 9.10. The fourth-order valence-electron chi connectivity index (χ4n) is 3.41. The number of carbonyl (C=O) groups is 1. The van der Waals surface area contributed by atoms with Crippen LogP contribution in [0.3, 0.4) is 0 Å². The van der Waals surface area contributed by atoms with Crippen LogP contribution in [0.25, 0.3) is 0 Å². The minimum atomic E-state index is -0.283. The quantitative estimate of drug-likeness (QED) is 0.888. The van der Waals surface area contributed by atoms with Gasteiger partial charge in [-0.05, 0) is 36.1 Å². The third-order valence-corrected chi connectivity index (χ3v) is 4.57. The van der Waals surface area contributed by atoms with Crippen molar-refractivity contribution in [3.63, 3.8) is 0 Å². The molecule has 1 fully saturated rings. The lowest BCUT2D eigenvalue weighted by Crippen LogP contribution is -2.31. The molecule has 0 aromatic heterocycles. The standard InChI is InChI=1S/C19H22N2O/c20-18(22)12-15-6-8-17(9-7-15)19(10-11-21-14-19)13-16-4-2-1-3-5-16/h1-9,21H,10-14H2,(H2,20,22). The molecular formula is C19H22N2O. The number of amides is 1. The van der Waals surface area contributed by atoms with Gasteiger partial charge < -0.3 is 11.1 Å². The van der Waals surface area contributed by atoms with E-state index in [-0.39, 0.29) is 11.3 Å². The molecule has 1 heterocycles. The van der Waals surface area contributed by atoms with Crippen molar-refractivity contribution in [2.24, 2.45) is 5.73 Å². The predicted octanol–water partition coefficient (Wildman–Crippen LogP) is 2.19. The zero-order valence-corrected chi connectivity index (χ0v) is 12.7. The van der Waals surface area contributed by atoms with Crippen LogP contribution in [-0.4, -0.2) is 19.0 Å². The van der Waals surface area contributed by atoms with E-state index in [4.69, 9.17) is 5.73 Å². The summed E-state index contributed by atoms with van der Waals surface area (Å²) in [6, 6.07) is 19.0. The van der Waals surface area contributed by atoms with E-state index in [9.17, 15) is 4.79 Å². The number of hydrogen-bond donors (Lipinski definition) is 2. The third-order valence-electron chi connectivity index (χ3n) is 4.57. The second-order valence-corrected chi connectivity index (χ2v) is 6.21. The molecule has 0 saturated carbocycles. The van der Waals surface area contributed by atoms with Gasteiger partial charge in [-0.3, -0.25) is 4.79 Å². The number of benzene rings is 2. The Balaban J connectivity index is 1.85. The number of nitrogens with two attached hydrogens (primary N) is 1. The Morgan fingerprint density at radius 3 is 2.36 bits per heavy atom. The summed E-state index contributed by atoms with van der Waals surface area (Å²) in [4.78, 5) is 11.0. The number of rotatable bonds is 5. The van der Waals surface area contributed by atoms with Crippen LogP contribution in [0.1, 0.15) is 23.1 Å². The average Bonchev–Trinajstić information content (AvgIpc) is 2.98. The molecule has 3 rings (SSSR count). The number of carbonyl (C=O) groups excluding carboxylic acids is 1. The Bertz CT molecular complexity index is 628. The molecule has 0 bridgehead atoms. The van der Waals surface area contributed by atoms with Gasteiger partial charge in [-0.1, -0.05) is 54.6 Å². The smallest absolute Gasteiger partial charge is 0.221 e. The molecule has 0 spiro atoms. The highest BCUT2D eigenvalue weighted by atomic mass is 16.1. The summed E-state index contributed by atoms with van der Waals surface area (Å²) in [5, 5.41) is 3.50. The fourth-order valence-corrected chi connectivity index (χ4v) is 3.41. The van der Waals surface area contributed by atoms with E-state index in [1.54, 1.807) is 0 Å². The molecule has 1 aliphatic heterocycles. The van der Waals surface area contributed by atoms with Crippen molar-refractivity contribution < 1.29 is 4.79 Å². The fraction of sp³-hybridized carbons (Fsp3) is 0.316. The van der Waals surface area contributed by atoms with Crippen LogP contribution in [0, 0.1) is 0 Å². The molecular weight excluding hydrogens is 272 g/mol. The van der Waals surface area contributed by atoms with E-state index in [1.807, 2.05) is 12.1 Å². The number of nitrogens with one attached hydrogen (secondary N) is 1. The van der Waals surface area contributed by atoms with Crippen molar-refractivity contribution in [3.8, 4) is 0 Å². The Morgan fingerprint density at radius 1 is 1.05 bits per heavy atom. The number of primary amides is 1. The highest BCUT2D eigenvalue weighted by Crippen LogP contribution is 2.34. The topological polar surface area (TPSA) is 55.1 Å². The molecule has 114 valence electrons. The van der Waals surface area contributed by atoms with Gasteiger partial charge in [-0.15, -0.1) is 0 Å². The maximum atomic E-state index is 11.0. The summed E-state index contributed by atoms with van der Waals surface area (Å²) in [5.74, 6) is -0.283. The third kappa shape index (κ3) is 3.20. The first-order valence-corrected chi connectivity index (χ1v) is 7.80. The zero-order chi connectivity index (χ0) is 15.4. The van der Waals surface area contributed by atoms with E-state index in [0.29, 0.717) is 6.42 Å². The Hall–Kier alpha value is -2.13. The monoisotopic (exact) mass is 294 g/mol. The molecule has 0 aliphatic carbocycles. The van der Waals surface area contributed by atoms with Crippen molar-refractivity contribution in [2.45, 2.75) is 24.7 Å². The highest BCUT2D eigenvalue weighted by Gasteiger charge is 2.35. The van der Waals surface area contributed by atoms with Crippen LogP contribution >= 0.6 is 0 Å². The van der Waals surface area contributed by atoms with Crippen molar-refractivity contribution in [1.82, 2.24) is 5.32 Å². The lowest BCUT2D eigenvalue weighted by Gasteiger charge is -2.29. The van der Waals surface area contributed by atoms with Gasteiger partial charge in [0.25, 0.3) is 0 Å². The Kier molecular flexibility index (Phi) is 4.25. The predicted molar refractivity (Wildman–Crippen MR) is 88.7 cm³/mol. The molecule has 1 saturated heterocycles. The first kappa shape index (κ1) is 14.8. The van der Waals surface area contributed by atoms with Gasteiger partial charge in [0.05, 0.1) is 6.42 Å². The summed E-state index contributed by atoms with van der Waals surface area (Å²) in [7, 11) is 0. The largest absolute Gasteiger partial charge is 0.369 e. The molecule has 1 atom stereocenters. The Morgan fingerprint density at radius 2 is 1.77 bits per heavy atom. The molecule has 3 nitrogen and oxygen atoms in total. The Labute approximate surface area is 131 Å². The summed E-state index contributed by atoms with van der Waals surface area (Å²) in [6.07, 6.45) is 2.48. The van der Waals surface area contributed by atoms with Crippen LogP contribution in [0.5, 0.6) is 0 Å². The van der Waals surface area contributed by atoms with Gasteiger partial charge in [0.1, 0.15) is 0 Å². The second kappa shape index (κ2) is 6.32. The molecule has 22 heavy (non-hydrogen) atoms. The lowest BCUT2D eigenvalue weighted by molar-refractivity contribution is -0.117. The average molecular weight is 294 g/mol. The number of hydrogen-bond acceptors (Lipinski definition) is 2. The molecule has 1 amide bonds. The summed E-state index contributed by atoms with van der Waals surface area (Å²) in [6.45, 7) is 2.05. The van der Waals surface area contributed by atoms with E-state index < -0.39 is 0 Å². The molecule has 0 radical (unpaired) electrons. The molecule has 1 unspecified atom stereocenters. The van der Waals surface area contributed by atoms with Crippen molar-refractivity contribution in [1.29, 1.82) is 0 Å². The zero-order valence-electron chi connectivity index (χ0n) is 12.7. The maximum Gasteiger partial charge on any atom is 0.221 e. The van der Waals surface area contributed by atoms with Crippen molar-refractivity contribution in [2.75, 3.05) is 13.1 Å². The van der Waals surface area contributed by atoms with Crippen LogP contribution in [0.4, 0.5) is 0 Å². The second-order valence-electron chi connectivity index (χ2n) is 6.21. The maximum absolute atomic E-state index is 11.0. The van der Waals surface area contributed by atoms with E-state index in [2.05, 4.69) is 47.8 Å². The van der Waals surface area contributed by atoms with E-state index in [1.165, 1.54) is 11.1 Å². The van der Waals surface area contributed by atoms with E-state index in [0.717, 1.165) is 31.5 Å². The van der Waals surface area contributed by atoms with Crippen molar-refractivity contribution >= 4 is 5.91 Å². The van der Waals surface area contributed by atoms with Gasteiger partial charge in [0.2, 0.25) is 5.91 Å². The molecule has 3 N–H and O–H groups in total. The first-order valence-electron chi connectivity index (χ1n) is 7.80. The molecule has 1 aliphatic rings. The molecule has 2 aromatic rings. The van der Waals surface area contributed by atoms with Gasteiger partial charge in [-0.25, -0.2) is 0 Å². The summed E-state index contributed by atoms with van der Waals surface area (Å²) >= 11 is 0. The van der Waals surface area contributed by atoms with Gasteiger partial charge >= 0.3 is 0 Å². The molecule has 3 heteroatoms. The minimum absolute atomic E-state index is 0.145. The van der Waals surface area contributed by atoms with Gasteiger partial charge in [-0.2, -0.15) is 0 Å². The lowest BCUT2D eigenvalue weighted by atomic mass is 9.74. The first-order chi connectivity index (χ1) is 10.7. The van der Waals surface area contributed by atoms with Gasteiger partial charge in [0.15, 0.2) is 0 Å². The normalized spacial score (nSPS) is 20.9. The van der Waals surface area contributed by atoms with Crippen LogP contribution < -0.4 is 11.1 Å². The van der Waals surface area contributed by atoms with Crippen molar-refractivity contribution in [3.05, 3.63) is 71.3 Å². The minimum Gasteiger partial charge on any atom is -0.369 e. The SMILES string of the molecule is NC(=O)Cc1ccc(C2(Cc3ccccc3)CCNC2)cc1. The van der Waals surface area contributed by atoms with Crippen LogP contribution in [-0.2, 0) is 23.1 Å². The van der Waals surface area contributed by atoms with Gasteiger partial charge in [0, 0.05) is 12.0 Å². The van der Waals surface area contributed by atoms with Crippen LogP contribution in [0.2, 0.25) is 0 Å². The highest BCUT2D eigenvalue weighted by molar-refractivity contribution is 5.76.